The van der Waals surface area contributed by atoms with Crippen LogP contribution in [0.5, 0.6) is 0 Å². The zero-order valence-electron chi connectivity index (χ0n) is 11.6. The van der Waals surface area contributed by atoms with Crippen LogP contribution in [0, 0.1) is 0 Å². The van der Waals surface area contributed by atoms with E-state index < -0.39 is 0 Å². The third-order valence-corrected chi connectivity index (χ3v) is 4.15. The largest absolute Gasteiger partial charge is 0.314 e. The smallest absolute Gasteiger partial charge is 0.0468 e. The molecule has 1 saturated heterocycles. The molecule has 0 aliphatic carbocycles. The summed E-state index contributed by atoms with van der Waals surface area (Å²) in [6.45, 7) is 6.42. The lowest BCUT2D eigenvalue weighted by atomic mass is 9.99. The van der Waals surface area contributed by atoms with E-state index in [2.05, 4.69) is 17.1 Å². The van der Waals surface area contributed by atoms with Crippen molar-refractivity contribution in [3.63, 3.8) is 0 Å². The van der Waals surface area contributed by atoms with Gasteiger partial charge < -0.3 is 5.32 Å². The number of benzene rings is 1. The fourth-order valence-corrected chi connectivity index (χ4v) is 3.26. The predicted octanol–water partition coefficient (Wildman–Crippen LogP) is 4.58. The average molecular weight is 360 g/mol. The first-order valence-electron chi connectivity index (χ1n) is 6.62. The maximum atomic E-state index is 6.35. The molecule has 0 aromatic heterocycles. The van der Waals surface area contributed by atoms with Gasteiger partial charge in [-0.3, -0.25) is 4.90 Å². The summed E-state index contributed by atoms with van der Waals surface area (Å²) in [7, 11) is 0. The summed E-state index contributed by atoms with van der Waals surface area (Å²) in [5.74, 6) is 0. The molecule has 1 N–H and O–H groups in total. The molecule has 1 aliphatic heterocycles. The van der Waals surface area contributed by atoms with Gasteiger partial charge in [-0.05, 0) is 18.6 Å². The fraction of sp³-hybridized carbons (Fsp3) is 0.571. The number of halogens is 4. The minimum atomic E-state index is 0. The molecule has 116 valence electrons. The molecule has 20 heavy (non-hydrogen) atoms. The van der Waals surface area contributed by atoms with Gasteiger partial charge in [-0.1, -0.05) is 42.6 Å². The molecule has 0 radical (unpaired) electrons. The molecular weight excluding hydrogens is 338 g/mol. The minimum Gasteiger partial charge on any atom is -0.314 e. The first kappa shape index (κ1) is 20.3. The van der Waals surface area contributed by atoms with Crippen molar-refractivity contribution in [2.75, 3.05) is 26.2 Å². The van der Waals surface area contributed by atoms with E-state index in [0.717, 1.165) is 54.6 Å². The van der Waals surface area contributed by atoms with Crippen molar-refractivity contribution >= 4 is 48.0 Å². The van der Waals surface area contributed by atoms with Crippen molar-refractivity contribution in [2.24, 2.45) is 0 Å². The number of nitrogens with one attached hydrogen (secondary N) is 1. The van der Waals surface area contributed by atoms with Gasteiger partial charge >= 0.3 is 0 Å². The summed E-state index contributed by atoms with van der Waals surface area (Å²) in [6.07, 6.45) is 2.24. The molecule has 2 rings (SSSR count). The van der Waals surface area contributed by atoms with Gasteiger partial charge in [-0.25, -0.2) is 0 Å². The van der Waals surface area contributed by atoms with Crippen LogP contribution in [0.2, 0.25) is 10.0 Å². The Labute approximate surface area is 144 Å². The summed E-state index contributed by atoms with van der Waals surface area (Å²) < 4.78 is 0. The van der Waals surface area contributed by atoms with Crippen molar-refractivity contribution in [3.05, 3.63) is 33.8 Å². The molecule has 6 heteroatoms. The van der Waals surface area contributed by atoms with Gasteiger partial charge in [-0.15, -0.1) is 24.8 Å². The Bertz CT molecular complexity index is 375. The van der Waals surface area contributed by atoms with Crippen LogP contribution in [0.3, 0.4) is 0 Å². The summed E-state index contributed by atoms with van der Waals surface area (Å²) in [6, 6.07) is 6.13. The monoisotopic (exact) mass is 358 g/mol. The van der Waals surface area contributed by atoms with Crippen molar-refractivity contribution in [1.82, 2.24) is 10.2 Å². The normalized spacial score (nSPS) is 16.9. The lowest BCUT2D eigenvalue weighted by Gasteiger charge is -2.36. The molecule has 1 aliphatic rings. The number of hydrogen-bond donors (Lipinski definition) is 1. The van der Waals surface area contributed by atoms with E-state index in [1.807, 2.05) is 18.2 Å². The standard InChI is InChI=1S/C14H20Cl2N2.2ClH/c1-2-4-13(18-9-7-17-8-10-18)14-11(15)5-3-6-12(14)16;;/h3,5-6,13,17H,2,4,7-10H2,1H3;2*1H/t13-;;/m0../s1. The molecule has 1 atom stereocenters. The van der Waals surface area contributed by atoms with Gasteiger partial charge in [-0.2, -0.15) is 0 Å². The molecule has 0 unspecified atom stereocenters. The Morgan fingerprint density at radius 2 is 1.70 bits per heavy atom. The Balaban J connectivity index is 0.00000180. The van der Waals surface area contributed by atoms with Gasteiger partial charge in [0, 0.05) is 47.8 Å². The minimum absolute atomic E-state index is 0. The molecule has 0 bridgehead atoms. The second kappa shape index (κ2) is 10.1. The van der Waals surface area contributed by atoms with Crippen molar-refractivity contribution in [1.29, 1.82) is 0 Å². The second-order valence-electron chi connectivity index (χ2n) is 4.73. The Morgan fingerprint density at radius 1 is 1.15 bits per heavy atom. The molecule has 2 nitrogen and oxygen atoms in total. The van der Waals surface area contributed by atoms with Gasteiger partial charge in [0.25, 0.3) is 0 Å². The average Bonchev–Trinajstić information content (AvgIpc) is 2.38. The molecule has 0 amide bonds. The fourth-order valence-electron chi connectivity index (χ4n) is 2.61. The van der Waals surface area contributed by atoms with Crippen molar-refractivity contribution in [2.45, 2.75) is 25.8 Å². The van der Waals surface area contributed by atoms with E-state index >= 15 is 0 Å². The highest BCUT2D eigenvalue weighted by atomic mass is 35.5. The van der Waals surface area contributed by atoms with Crippen LogP contribution in [-0.4, -0.2) is 31.1 Å². The van der Waals surface area contributed by atoms with E-state index in [-0.39, 0.29) is 24.8 Å². The van der Waals surface area contributed by atoms with Crippen LogP contribution in [0.15, 0.2) is 18.2 Å². The predicted molar refractivity (Wildman–Crippen MR) is 93.0 cm³/mol. The second-order valence-corrected chi connectivity index (χ2v) is 5.54. The maximum absolute atomic E-state index is 6.35. The van der Waals surface area contributed by atoms with Crippen LogP contribution >= 0.6 is 48.0 Å². The van der Waals surface area contributed by atoms with E-state index in [4.69, 9.17) is 23.2 Å². The molecule has 1 heterocycles. The number of piperazine rings is 1. The number of hydrogen-bond acceptors (Lipinski definition) is 2. The molecule has 0 spiro atoms. The highest BCUT2D eigenvalue weighted by molar-refractivity contribution is 6.36. The Hall–Kier alpha value is 0.300. The third-order valence-electron chi connectivity index (χ3n) is 3.49. The zero-order chi connectivity index (χ0) is 13.0. The topological polar surface area (TPSA) is 15.3 Å². The quantitative estimate of drug-likeness (QED) is 0.846. The first-order valence-corrected chi connectivity index (χ1v) is 7.38. The van der Waals surface area contributed by atoms with Crippen molar-refractivity contribution < 1.29 is 0 Å². The molecule has 1 aromatic carbocycles. The van der Waals surface area contributed by atoms with E-state index in [1.165, 1.54) is 0 Å². The summed E-state index contributed by atoms with van der Waals surface area (Å²) >= 11 is 12.7. The summed E-state index contributed by atoms with van der Waals surface area (Å²) in [5.41, 5.74) is 1.10. The first-order chi connectivity index (χ1) is 8.74. The molecule has 0 saturated carbocycles. The van der Waals surface area contributed by atoms with Gasteiger partial charge in [0.2, 0.25) is 0 Å². The van der Waals surface area contributed by atoms with Crippen LogP contribution < -0.4 is 5.32 Å². The molecular formula is C14H22Cl4N2. The van der Waals surface area contributed by atoms with Crippen LogP contribution in [0.25, 0.3) is 0 Å². The van der Waals surface area contributed by atoms with Gasteiger partial charge in [0.15, 0.2) is 0 Å². The van der Waals surface area contributed by atoms with Gasteiger partial charge in [0.05, 0.1) is 0 Å². The lowest BCUT2D eigenvalue weighted by Crippen LogP contribution is -2.45. The summed E-state index contributed by atoms with van der Waals surface area (Å²) in [4.78, 5) is 2.49. The van der Waals surface area contributed by atoms with Crippen LogP contribution in [-0.2, 0) is 0 Å². The van der Waals surface area contributed by atoms with E-state index in [1.54, 1.807) is 0 Å². The number of nitrogens with zero attached hydrogens (tertiary/aromatic N) is 1. The highest BCUT2D eigenvalue weighted by Gasteiger charge is 2.25. The third kappa shape index (κ3) is 4.94. The van der Waals surface area contributed by atoms with Gasteiger partial charge in [0.1, 0.15) is 0 Å². The van der Waals surface area contributed by atoms with Crippen LogP contribution in [0.4, 0.5) is 0 Å². The zero-order valence-corrected chi connectivity index (χ0v) is 14.7. The van der Waals surface area contributed by atoms with Crippen LogP contribution in [0.1, 0.15) is 31.4 Å². The van der Waals surface area contributed by atoms with Crippen molar-refractivity contribution in [3.8, 4) is 0 Å². The highest BCUT2D eigenvalue weighted by Crippen LogP contribution is 2.36. The number of rotatable bonds is 4. The Kier molecular flexibility index (Phi) is 10.2. The Morgan fingerprint density at radius 3 is 2.20 bits per heavy atom. The lowest BCUT2D eigenvalue weighted by molar-refractivity contribution is 0.165. The summed E-state index contributed by atoms with van der Waals surface area (Å²) in [5, 5.41) is 4.97. The molecule has 1 aromatic rings. The molecule has 1 fully saturated rings. The SMILES string of the molecule is CCC[C@@H](c1c(Cl)cccc1Cl)N1CCNCC1.Cl.Cl. The maximum Gasteiger partial charge on any atom is 0.0468 e. The van der Waals surface area contributed by atoms with E-state index in [0.29, 0.717) is 6.04 Å². The van der Waals surface area contributed by atoms with E-state index in [9.17, 15) is 0 Å².